The Hall–Kier alpha value is -4.76. The molecule has 1 aromatic carbocycles. The lowest BCUT2D eigenvalue weighted by Gasteiger charge is -2.41. The second kappa shape index (κ2) is 17.0. The Balaban J connectivity index is 2.01. The van der Waals surface area contributed by atoms with Crippen LogP contribution in [0, 0.1) is 5.82 Å². The fraction of sp³-hybridized carbons (Fsp3) is 0.629. The van der Waals surface area contributed by atoms with Crippen molar-refractivity contribution in [1.29, 1.82) is 0 Å². The van der Waals surface area contributed by atoms with Crippen LogP contribution in [0.15, 0.2) is 24.3 Å². The van der Waals surface area contributed by atoms with Crippen LogP contribution >= 0.6 is 0 Å². The van der Waals surface area contributed by atoms with Crippen molar-refractivity contribution >= 4 is 41.7 Å². The molecule has 1 aromatic rings. The van der Waals surface area contributed by atoms with E-state index >= 15 is 0 Å². The van der Waals surface area contributed by atoms with Crippen molar-refractivity contribution in [3.8, 4) is 0 Å². The SMILES string of the molecule is COC(=O)C(NC(=O)C1(Cc2ccc(F)cc2)CCCN1C(=O)[C@@H]1CCCN1C(=O)C(NC(=O)OC(C)(C)C)C(C)OC(C)=O)C(C)OC(C)=O. The highest BCUT2D eigenvalue weighted by atomic mass is 19.1. The molecule has 5 unspecified atom stereocenters. The number of rotatable bonds is 12. The molecular weight excluding hydrogens is 671 g/mol. The normalized spacial score (nSPS) is 21.1. The Labute approximate surface area is 296 Å². The molecule has 2 N–H and O–H groups in total. The Bertz CT molecular complexity index is 1480. The minimum absolute atomic E-state index is 0.0757. The van der Waals surface area contributed by atoms with Crippen LogP contribution in [-0.2, 0) is 54.1 Å². The largest absolute Gasteiger partial charge is 0.467 e. The molecule has 2 fully saturated rings. The van der Waals surface area contributed by atoms with E-state index in [1.807, 2.05) is 0 Å². The molecule has 15 nitrogen and oxygen atoms in total. The molecule has 0 bridgehead atoms. The molecule has 0 radical (unpaired) electrons. The zero-order valence-corrected chi connectivity index (χ0v) is 30.4. The van der Waals surface area contributed by atoms with E-state index in [0.717, 1.165) is 21.0 Å². The quantitative estimate of drug-likeness (QED) is 0.238. The third-order valence-electron chi connectivity index (χ3n) is 8.73. The van der Waals surface area contributed by atoms with Crippen molar-refractivity contribution in [2.75, 3.05) is 20.2 Å². The first-order valence-electron chi connectivity index (χ1n) is 16.9. The van der Waals surface area contributed by atoms with Crippen LogP contribution in [0.2, 0.25) is 0 Å². The van der Waals surface area contributed by atoms with Crippen molar-refractivity contribution in [2.24, 2.45) is 0 Å². The van der Waals surface area contributed by atoms with Gasteiger partial charge in [-0.05, 0) is 78.0 Å². The second-order valence-corrected chi connectivity index (χ2v) is 13.8. The van der Waals surface area contributed by atoms with Gasteiger partial charge in [-0.25, -0.2) is 14.0 Å². The van der Waals surface area contributed by atoms with Gasteiger partial charge in [0, 0.05) is 33.4 Å². The molecule has 2 saturated heterocycles. The zero-order valence-electron chi connectivity index (χ0n) is 30.4. The summed E-state index contributed by atoms with van der Waals surface area (Å²) in [5, 5.41) is 5.13. The van der Waals surface area contributed by atoms with E-state index < -0.39 is 89.0 Å². The monoisotopic (exact) mass is 720 g/mol. The highest BCUT2D eigenvalue weighted by Gasteiger charge is 2.54. The van der Waals surface area contributed by atoms with E-state index in [1.54, 1.807) is 20.8 Å². The molecule has 2 aliphatic rings. The number of benzene rings is 1. The van der Waals surface area contributed by atoms with Crippen molar-refractivity contribution in [1.82, 2.24) is 20.4 Å². The number of alkyl carbamates (subject to hydrolysis) is 1. The van der Waals surface area contributed by atoms with E-state index in [9.17, 15) is 38.0 Å². The fourth-order valence-electron chi connectivity index (χ4n) is 6.53. The molecule has 4 amide bonds. The van der Waals surface area contributed by atoms with Crippen molar-refractivity contribution in [3.05, 3.63) is 35.6 Å². The highest BCUT2D eigenvalue weighted by Crippen LogP contribution is 2.36. The average Bonchev–Trinajstić information content (AvgIpc) is 3.69. The number of carbonyl (C=O) groups excluding carboxylic acids is 7. The summed E-state index contributed by atoms with van der Waals surface area (Å²) >= 11 is 0. The van der Waals surface area contributed by atoms with E-state index in [-0.39, 0.29) is 32.4 Å². The molecular formula is C35H49FN4O11. The first-order chi connectivity index (χ1) is 23.8. The van der Waals surface area contributed by atoms with Gasteiger partial charge in [-0.2, -0.15) is 0 Å². The maximum atomic E-state index is 14.6. The van der Waals surface area contributed by atoms with Gasteiger partial charge in [0.05, 0.1) is 7.11 Å². The Morgan fingerprint density at radius 2 is 1.49 bits per heavy atom. The molecule has 282 valence electrons. The lowest BCUT2D eigenvalue weighted by atomic mass is 9.86. The van der Waals surface area contributed by atoms with Gasteiger partial charge in [0.25, 0.3) is 0 Å². The molecule has 3 rings (SSSR count). The van der Waals surface area contributed by atoms with Gasteiger partial charge >= 0.3 is 24.0 Å². The van der Waals surface area contributed by atoms with Gasteiger partial charge in [0.2, 0.25) is 17.7 Å². The number of carbonyl (C=O) groups is 7. The maximum absolute atomic E-state index is 14.6. The predicted octanol–water partition coefficient (Wildman–Crippen LogP) is 2.17. The number of ether oxygens (including phenoxy) is 4. The van der Waals surface area contributed by atoms with Gasteiger partial charge < -0.3 is 39.4 Å². The Morgan fingerprint density at radius 3 is 2.04 bits per heavy atom. The summed E-state index contributed by atoms with van der Waals surface area (Å²) in [6, 6.07) is 1.51. The van der Waals surface area contributed by atoms with Crippen molar-refractivity contribution < 1.29 is 56.9 Å². The number of hydrogen-bond donors (Lipinski definition) is 2. The number of nitrogens with one attached hydrogen (secondary N) is 2. The van der Waals surface area contributed by atoms with Gasteiger partial charge in [-0.1, -0.05) is 12.1 Å². The van der Waals surface area contributed by atoms with Crippen LogP contribution in [0.4, 0.5) is 9.18 Å². The Kier molecular flexibility index (Phi) is 13.5. The molecule has 0 aliphatic carbocycles. The Morgan fingerprint density at radius 1 is 0.902 bits per heavy atom. The number of likely N-dealkylation sites (tertiary alicyclic amines) is 2. The second-order valence-electron chi connectivity index (χ2n) is 13.8. The zero-order chi connectivity index (χ0) is 38.3. The lowest BCUT2D eigenvalue weighted by molar-refractivity contribution is -0.159. The van der Waals surface area contributed by atoms with Gasteiger partial charge in [-0.15, -0.1) is 0 Å². The lowest BCUT2D eigenvalue weighted by Crippen LogP contribution is -2.65. The number of amides is 4. The summed E-state index contributed by atoms with van der Waals surface area (Å²) in [6.07, 6.45) is -2.12. The number of hydrogen-bond acceptors (Lipinski definition) is 11. The van der Waals surface area contributed by atoms with Crippen LogP contribution in [0.25, 0.3) is 0 Å². The third kappa shape index (κ3) is 10.4. The molecule has 16 heteroatoms. The average molecular weight is 721 g/mol. The summed E-state index contributed by atoms with van der Waals surface area (Å²) < 4.78 is 34.6. The summed E-state index contributed by atoms with van der Waals surface area (Å²) in [5.41, 5.74) is -2.00. The van der Waals surface area contributed by atoms with Gasteiger partial charge in [-0.3, -0.25) is 24.0 Å². The summed E-state index contributed by atoms with van der Waals surface area (Å²) in [7, 11) is 1.11. The van der Waals surface area contributed by atoms with Crippen LogP contribution in [0.1, 0.15) is 79.7 Å². The van der Waals surface area contributed by atoms with Crippen LogP contribution in [0.3, 0.4) is 0 Å². The van der Waals surface area contributed by atoms with E-state index in [0.29, 0.717) is 18.4 Å². The molecule has 51 heavy (non-hydrogen) atoms. The van der Waals surface area contributed by atoms with E-state index in [2.05, 4.69) is 10.6 Å². The molecule has 2 heterocycles. The first kappa shape index (κ1) is 40.7. The smallest absolute Gasteiger partial charge is 0.408 e. The number of esters is 3. The van der Waals surface area contributed by atoms with Crippen molar-refractivity contribution in [2.45, 2.75) is 122 Å². The van der Waals surface area contributed by atoms with Crippen molar-refractivity contribution in [3.63, 3.8) is 0 Å². The topological polar surface area (TPSA) is 187 Å². The predicted molar refractivity (Wildman–Crippen MR) is 178 cm³/mol. The van der Waals surface area contributed by atoms with E-state index in [1.165, 1.54) is 47.9 Å². The third-order valence-corrected chi connectivity index (χ3v) is 8.73. The summed E-state index contributed by atoms with van der Waals surface area (Å²) in [5.74, 6) is -4.78. The molecule has 0 saturated carbocycles. The minimum Gasteiger partial charge on any atom is -0.467 e. The molecule has 6 atom stereocenters. The molecule has 0 aromatic heterocycles. The summed E-state index contributed by atoms with van der Waals surface area (Å²) in [6.45, 7) is 10.3. The molecule has 2 aliphatic heterocycles. The van der Waals surface area contributed by atoms with Crippen LogP contribution < -0.4 is 10.6 Å². The minimum atomic E-state index is -1.62. The van der Waals surface area contributed by atoms with E-state index in [4.69, 9.17) is 18.9 Å². The highest BCUT2D eigenvalue weighted by molar-refractivity contribution is 5.98. The summed E-state index contributed by atoms with van der Waals surface area (Å²) in [4.78, 5) is 94.9. The van der Waals surface area contributed by atoms with Gasteiger partial charge in [0.15, 0.2) is 6.04 Å². The number of methoxy groups -OCH3 is 1. The van der Waals surface area contributed by atoms with Crippen LogP contribution in [-0.4, -0.2) is 113 Å². The number of nitrogens with zero attached hydrogens (tertiary/aromatic N) is 2. The fourth-order valence-corrected chi connectivity index (χ4v) is 6.53. The maximum Gasteiger partial charge on any atom is 0.408 e. The first-order valence-corrected chi connectivity index (χ1v) is 16.9. The van der Waals surface area contributed by atoms with Gasteiger partial charge in [0.1, 0.15) is 41.2 Å². The number of halogens is 1. The van der Waals surface area contributed by atoms with Crippen LogP contribution in [0.5, 0.6) is 0 Å². The molecule has 0 spiro atoms. The standard InChI is InChI=1S/C35H49FN4O11/c1-20(49-22(3)41)27(38-33(47)51-34(5,6)7)30(44)39-17-9-11-26(39)29(43)40-18-10-16-35(40,19-24-12-14-25(36)15-13-24)32(46)37-28(31(45)48-8)21(2)50-23(4)42/h12-15,20-21,26-28H,9-11,16-19H2,1-8H3,(H,37,46)(H,38,47)/t20?,21?,26-,27?,28?,35?/m0/s1.